The Kier molecular flexibility index (Phi) is 5.76. The highest BCUT2D eigenvalue weighted by Gasteiger charge is 2.18. The molecule has 0 radical (unpaired) electrons. The molecular formula is C21H27N3O2. The third-order valence-corrected chi connectivity index (χ3v) is 4.48. The average Bonchev–Trinajstić information content (AvgIpc) is 2.63. The molecule has 5 heteroatoms. The lowest BCUT2D eigenvalue weighted by Crippen LogP contribution is -2.34. The summed E-state index contributed by atoms with van der Waals surface area (Å²) in [6, 6.07) is 11.2. The van der Waals surface area contributed by atoms with Gasteiger partial charge in [-0.2, -0.15) is 0 Å². The zero-order valence-corrected chi connectivity index (χ0v) is 15.7. The second-order valence-electron chi connectivity index (χ2n) is 7.24. The van der Waals surface area contributed by atoms with Crippen molar-refractivity contribution in [2.45, 2.75) is 39.7 Å². The first-order chi connectivity index (χ1) is 12.5. The highest BCUT2D eigenvalue weighted by Crippen LogP contribution is 2.23. The normalized spacial score (nSPS) is 17.2. The first-order valence-electron chi connectivity index (χ1n) is 9.30. The van der Waals surface area contributed by atoms with Gasteiger partial charge in [-0.05, 0) is 69.0 Å². The first kappa shape index (κ1) is 18.2. The molecule has 1 aliphatic rings. The fourth-order valence-electron chi connectivity index (χ4n) is 3.25. The number of piperidine rings is 1. The standard InChI is InChI=1S/C21H27N3O2/c1-15(2)26-19-8-6-17(7-9-19)23-21(25)20-13-18(10-11-22-20)24-12-4-5-16(3)14-24/h6-11,13,15-16H,4-5,12,14H2,1-3H3,(H,23,25). The van der Waals surface area contributed by atoms with E-state index in [0.717, 1.165) is 30.2 Å². The minimum atomic E-state index is -0.200. The van der Waals surface area contributed by atoms with Crippen LogP contribution in [0.4, 0.5) is 11.4 Å². The summed E-state index contributed by atoms with van der Waals surface area (Å²) in [5.41, 5.74) is 2.23. The number of hydrogen-bond acceptors (Lipinski definition) is 4. The molecule has 0 aliphatic carbocycles. The van der Waals surface area contributed by atoms with Crippen LogP contribution in [0.5, 0.6) is 5.75 Å². The molecule has 1 aromatic heterocycles. The SMILES string of the molecule is CC1CCCN(c2ccnc(C(=O)Nc3ccc(OC(C)C)cc3)c2)C1. The van der Waals surface area contributed by atoms with E-state index in [1.165, 1.54) is 12.8 Å². The topological polar surface area (TPSA) is 54.5 Å². The highest BCUT2D eigenvalue weighted by molar-refractivity contribution is 6.03. The van der Waals surface area contributed by atoms with E-state index in [4.69, 9.17) is 4.74 Å². The average molecular weight is 353 g/mol. The van der Waals surface area contributed by atoms with E-state index >= 15 is 0 Å². The van der Waals surface area contributed by atoms with Gasteiger partial charge in [0.1, 0.15) is 11.4 Å². The lowest BCUT2D eigenvalue weighted by atomic mass is 10.00. The number of aromatic nitrogens is 1. The predicted octanol–water partition coefficient (Wildman–Crippen LogP) is 4.36. The van der Waals surface area contributed by atoms with Gasteiger partial charge in [-0.25, -0.2) is 0 Å². The van der Waals surface area contributed by atoms with E-state index in [9.17, 15) is 4.79 Å². The number of benzene rings is 1. The van der Waals surface area contributed by atoms with E-state index in [-0.39, 0.29) is 12.0 Å². The predicted molar refractivity (Wildman–Crippen MR) is 105 cm³/mol. The number of pyridine rings is 1. The third-order valence-electron chi connectivity index (χ3n) is 4.48. The van der Waals surface area contributed by atoms with Crippen LogP contribution >= 0.6 is 0 Å². The summed E-state index contributed by atoms with van der Waals surface area (Å²) in [5, 5.41) is 2.90. The van der Waals surface area contributed by atoms with Crippen molar-refractivity contribution in [2.24, 2.45) is 5.92 Å². The minimum Gasteiger partial charge on any atom is -0.491 e. The molecule has 1 N–H and O–H groups in total. The van der Waals surface area contributed by atoms with Gasteiger partial charge < -0.3 is 15.0 Å². The number of carbonyl (C=O) groups excluding carboxylic acids is 1. The van der Waals surface area contributed by atoms with Crippen LogP contribution in [-0.2, 0) is 0 Å². The molecule has 1 atom stereocenters. The summed E-state index contributed by atoms with van der Waals surface area (Å²) in [5.74, 6) is 1.27. The maximum absolute atomic E-state index is 12.6. The number of anilines is 2. The van der Waals surface area contributed by atoms with E-state index in [1.807, 2.05) is 50.2 Å². The van der Waals surface area contributed by atoms with Crippen molar-refractivity contribution in [2.75, 3.05) is 23.3 Å². The Labute approximate surface area is 155 Å². The monoisotopic (exact) mass is 353 g/mol. The summed E-state index contributed by atoms with van der Waals surface area (Å²) in [6.07, 6.45) is 4.30. The van der Waals surface area contributed by atoms with Gasteiger partial charge in [0.25, 0.3) is 5.91 Å². The van der Waals surface area contributed by atoms with Gasteiger partial charge in [-0.15, -0.1) is 0 Å². The molecule has 2 heterocycles. The van der Waals surface area contributed by atoms with E-state index in [2.05, 4.69) is 22.1 Å². The number of rotatable bonds is 5. The van der Waals surface area contributed by atoms with E-state index in [1.54, 1.807) is 6.20 Å². The second kappa shape index (κ2) is 8.21. The molecule has 5 nitrogen and oxygen atoms in total. The van der Waals surface area contributed by atoms with Crippen molar-refractivity contribution in [3.63, 3.8) is 0 Å². The molecule has 2 aromatic rings. The summed E-state index contributed by atoms with van der Waals surface area (Å²) in [6.45, 7) is 8.30. The van der Waals surface area contributed by atoms with Crippen molar-refractivity contribution >= 4 is 17.3 Å². The summed E-state index contributed by atoms with van der Waals surface area (Å²) in [4.78, 5) is 19.1. The van der Waals surface area contributed by atoms with Crippen LogP contribution in [0.2, 0.25) is 0 Å². The molecular weight excluding hydrogens is 326 g/mol. The van der Waals surface area contributed by atoms with Gasteiger partial charge in [0, 0.05) is 30.7 Å². The third kappa shape index (κ3) is 4.75. The van der Waals surface area contributed by atoms with Crippen LogP contribution in [0, 0.1) is 5.92 Å². The molecule has 3 rings (SSSR count). The van der Waals surface area contributed by atoms with Crippen molar-refractivity contribution < 1.29 is 9.53 Å². The molecule has 138 valence electrons. The molecule has 0 spiro atoms. The van der Waals surface area contributed by atoms with E-state index < -0.39 is 0 Å². The zero-order valence-electron chi connectivity index (χ0n) is 15.7. The lowest BCUT2D eigenvalue weighted by Gasteiger charge is -2.32. The van der Waals surface area contributed by atoms with Gasteiger partial charge in [0.2, 0.25) is 0 Å². The number of nitrogens with one attached hydrogen (secondary N) is 1. The molecule has 0 bridgehead atoms. The molecule has 1 aromatic carbocycles. The van der Waals surface area contributed by atoms with Crippen molar-refractivity contribution in [3.05, 3.63) is 48.3 Å². The molecule has 1 fully saturated rings. The fourth-order valence-corrected chi connectivity index (χ4v) is 3.25. The van der Waals surface area contributed by atoms with Crippen LogP contribution in [0.25, 0.3) is 0 Å². The minimum absolute atomic E-state index is 0.125. The molecule has 1 saturated heterocycles. The Morgan fingerprint density at radius 3 is 2.73 bits per heavy atom. The quantitative estimate of drug-likeness (QED) is 0.868. The number of ether oxygens (including phenoxy) is 1. The summed E-state index contributed by atoms with van der Waals surface area (Å²) < 4.78 is 5.62. The fraction of sp³-hybridized carbons (Fsp3) is 0.429. The Hall–Kier alpha value is -2.56. The number of amides is 1. The van der Waals surface area contributed by atoms with Crippen LogP contribution in [-0.4, -0.2) is 30.1 Å². The highest BCUT2D eigenvalue weighted by atomic mass is 16.5. The summed E-state index contributed by atoms with van der Waals surface area (Å²) in [7, 11) is 0. The van der Waals surface area contributed by atoms with Gasteiger partial charge in [-0.3, -0.25) is 9.78 Å². The van der Waals surface area contributed by atoms with Crippen LogP contribution in [0.3, 0.4) is 0 Å². The van der Waals surface area contributed by atoms with Gasteiger partial charge in [0.15, 0.2) is 0 Å². The summed E-state index contributed by atoms with van der Waals surface area (Å²) >= 11 is 0. The van der Waals surface area contributed by atoms with Gasteiger partial charge >= 0.3 is 0 Å². The van der Waals surface area contributed by atoms with Crippen molar-refractivity contribution in [1.29, 1.82) is 0 Å². The molecule has 26 heavy (non-hydrogen) atoms. The van der Waals surface area contributed by atoms with Gasteiger partial charge in [0.05, 0.1) is 6.10 Å². The van der Waals surface area contributed by atoms with Crippen molar-refractivity contribution in [1.82, 2.24) is 4.98 Å². The van der Waals surface area contributed by atoms with Crippen molar-refractivity contribution in [3.8, 4) is 5.75 Å². The van der Waals surface area contributed by atoms with Crippen LogP contribution in [0.15, 0.2) is 42.6 Å². The zero-order chi connectivity index (χ0) is 18.5. The molecule has 1 amide bonds. The first-order valence-corrected chi connectivity index (χ1v) is 9.30. The number of hydrogen-bond donors (Lipinski definition) is 1. The van der Waals surface area contributed by atoms with E-state index in [0.29, 0.717) is 11.6 Å². The van der Waals surface area contributed by atoms with Crippen LogP contribution < -0.4 is 15.0 Å². The van der Waals surface area contributed by atoms with Gasteiger partial charge in [-0.1, -0.05) is 6.92 Å². The smallest absolute Gasteiger partial charge is 0.274 e. The Morgan fingerprint density at radius 1 is 1.27 bits per heavy atom. The number of carbonyl (C=O) groups is 1. The maximum Gasteiger partial charge on any atom is 0.274 e. The lowest BCUT2D eigenvalue weighted by molar-refractivity contribution is 0.102. The van der Waals surface area contributed by atoms with Crippen LogP contribution in [0.1, 0.15) is 44.1 Å². The second-order valence-corrected chi connectivity index (χ2v) is 7.24. The Balaban J connectivity index is 1.67. The Morgan fingerprint density at radius 2 is 2.04 bits per heavy atom. The molecule has 1 unspecified atom stereocenters. The number of nitrogens with zero attached hydrogens (tertiary/aromatic N) is 2. The molecule has 0 saturated carbocycles. The Bertz CT molecular complexity index is 743. The molecule has 1 aliphatic heterocycles. The largest absolute Gasteiger partial charge is 0.491 e. The maximum atomic E-state index is 12.6.